The number of unbranched alkanes of at least 4 members (excludes halogenated alkanes) is 1. The molecule has 1 aromatic heterocycles. The van der Waals surface area contributed by atoms with Crippen LogP contribution in [0.5, 0.6) is 0 Å². The average Bonchev–Trinajstić information content (AvgIpc) is 2.79. The van der Waals surface area contributed by atoms with Gasteiger partial charge in [-0.15, -0.1) is 0 Å². The fourth-order valence-corrected chi connectivity index (χ4v) is 4.99. The van der Waals surface area contributed by atoms with Crippen molar-refractivity contribution in [3.8, 4) is 0 Å². The van der Waals surface area contributed by atoms with Crippen LogP contribution >= 0.6 is 22.6 Å². The highest BCUT2D eigenvalue weighted by atomic mass is 127. The van der Waals surface area contributed by atoms with E-state index in [0.29, 0.717) is 24.9 Å². The maximum Gasteiger partial charge on any atom is 0.303 e. The molecule has 172 valence electrons. The highest BCUT2D eigenvalue weighted by molar-refractivity contribution is 14.1. The van der Waals surface area contributed by atoms with Crippen molar-refractivity contribution in [2.45, 2.75) is 37.5 Å². The molecule has 6 nitrogen and oxygen atoms in total. The Kier molecular flexibility index (Phi) is 8.62. The molecule has 2 N–H and O–H groups in total. The molecule has 1 heterocycles. The van der Waals surface area contributed by atoms with Gasteiger partial charge < -0.3 is 5.11 Å². The molecular weight excluding hydrogens is 551 g/mol. The van der Waals surface area contributed by atoms with Crippen LogP contribution in [0.25, 0.3) is 5.57 Å². The Balaban J connectivity index is 2.02. The molecule has 33 heavy (non-hydrogen) atoms. The molecule has 0 saturated carbocycles. The standard InChI is InChI=1S/C25H25IN2O4S/c1-2-21-23(22(8-3-4-11-25(29)30)18-7-6-16-27-17-18)9-5-10-24(21)28-33(31,32)20-14-12-19(26)13-15-20/h5-10,12-17,28H,2-4,11H2,1H3,(H,29,30). The van der Waals surface area contributed by atoms with Crippen LogP contribution in [0.4, 0.5) is 5.69 Å². The minimum Gasteiger partial charge on any atom is -0.481 e. The first-order valence-corrected chi connectivity index (χ1v) is 13.1. The van der Waals surface area contributed by atoms with Gasteiger partial charge in [-0.05, 0) is 95.0 Å². The van der Waals surface area contributed by atoms with Gasteiger partial charge >= 0.3 is 5.97 Å². The first-order valence-electron chi connectivity index (χ1n) is 10.5. The molecule has 0 radical (unpaired) electrons. The number of benzene rings is 2. The minimum atomic E-state index is -3.75. The van der Waals surface area contributed by atoms with Crippen LogP contribution in [-0.2, 0) is 21.2 Å². The van der Waals surface area contributed by atoms with E-state index in [2.05, 4.69) is 32.3 Å². The first-order chi connectivity index (χ1) is 15.8. The molecule has 0 fully saturated rings. The quantitative estimate of drug-likeness (QED) is 0.237. The monoisotopic (exact) mass is 576 g/mol. The molecule has 0 aliphatic heterocycles. The van der Waals surface area contributed by atoms with E-state index in [1.165, 1.54) is 0 Å². The molecule has 3 aromatic rings. The maximum atomic E-state index is 13.0. The number of aliphatic carboxylic acids is 1. The largest absolute Gasteiger partial charge is 0.481 e. The second-order valence-corrected chi connectivity index (χ2v) is 10.3. The number of hydrogen-bond donors (Lipinski definition) is 2. The van der Waals surface area contributed by atoms with E-state index < -0.39 is 16.0 Å². The third kappa shape index (κ3) is 6.64. The van der Waals surface area contributed by atoms with Gasteiger partial charge in [0.25, 0.3) is 10.0 Å². The SMILES string of the molecule is CCc1c(NS(=O)(=O)c2ccc(I)cc2)cccc1C(=CCCCC(=O)O)c1cccnc1. The Bertz CT molecular complexity index is 1240. The summed E-state index contributed by atoms with van der Waals surface area (Å²) in [6.07, 6.45) is 7.24. The van der Waals surface area contributed by atoms with E-state index in [4.69, 9.17) is 5.11 Å². The van der Waals surface area contributed by atoms with Gasteiger partial charge in [0.05, 0.1) is 10.6 Å². The molecule has 0 atom stereocenters. The van der Waals surface area contributed by atoms with Crippen molar-refractivity contribution in [3.63, 3.8) is 0 Å². The van der Waals surface area contributed by atoms with Crippen LogP contribution in [-0.4, -0.2) is 24.5 Å². The van der Waals surface area contributed by atoms with Crippen molar-refractivity contribution < 1.29 is 18.3 Å². The summed E-state index contributed by atoms with van der Waals surface area (Å²) in [7, 11) is -3.75. The Hall–Kier alpha value is -2.72. The van der Waals surface area contributed by atoms with Gasteiger partial charge in [0.1, 0.15) is 0 Å². The molecule has 0 amide bonds. The van der Waals surface area contributed by atoms with Gasteiger partial charge in [-0.25, -0.2) is 8.42 Å². The maximum absolute atomic E-state index is 13.0. The number of aromatic nitrogens is 1. The Morgan fingerprint density at radius 3 is 2.52 bits per heavy atom. The van der Waals surface area contributed by atoms with Crippen molar-refractivity contribution in [2.75, 3.05) is 4.72 Å². The fourth-order valence-electron chi connectivity index (χ4n) is 3.54. The summed E-state index contributed by atoms with van der Waals surface area (Å²) in [6.45, 7) is 1.98. The van der Waals surface area contributed by atoms with E-state index in [0.717, 1.165) is 25.8 Å². The molecule has 0 bridgehead atoms. The highest BCUT2D eigenvalue weighted by Crippen LogP contribution is 2.32. The zero-order chi connectivity index (χ0) is 23.8. The predicted molar refractivity (Wildman–Crippen MR) is 139 cm³/mol. The van der Waals surface area contributed by atoms with Gasteiger partial charge in [-0.3, -0.25) is 14.5 Å². The number of hydrogen-bond acceptors (Lipinski definition) is 4. The molecule has 2 aromatic carbocycles. The molecule has 0 aliphatic carbocycles. The third-order valence-electron chi connectivity index (χ3n) is 5.10. The van der Waals surface area contributed by atoms with Gasteiger partial charge in [-0.1, -0.05) is 31.2 Å². The highest BCUT2D eigenvalue weighted by Gasteiger charge is 2.18. The smallest absolute Gasteiger partial charge is 0.303 e. The number of sulfonamides is 1. The van der Waals surface area contributed by atoms with Gasteiger partial charge in [-0.2, -0.15) is 0 Å². The van der Waals surface area contributed by atoms with Crippen molar-refractivity contribution in [2.24, 2.45) is 0 Å². The first kappa shape index (κ1) is 24.9. The van der Waals surface area contributed by atoms with Crippen LogP contribution in [0.3, 0.4) is 0 Å². The summed E-state index contributed by atoms with van der Waals surface area (Å²) < 4.78 is 29.7. The number of nitrogens with one attached hydrogen (secondary N) is 1. The summed E-state index contributed by atoms with van der Waals surface area (Å²) in [5.41, 5.74) is 4.07. The molecule has 8 heteroatoms. The number of nitrogens with zero attached hydrogens (tertiary/aromatic N) is 1. The number of carbonyl (C=O) groups is 1. The number of rotatable bonds is 10. The lowest BCUT2D eigenvalue weighted by Crippen LogP contribution is -2.15. The Labute approximate surface area is 208 Å². The fraction of sp³-hybridized carbons (Fsp3) is 0.200. The zero-order valence-corrected chi connectivity index (χ0v) is 21.1. The lowest BCUT2D eigenvalue weighted by Gasteiger charge is -2.18. The molecule has 0 spiro atoms. The summed E-state index contributed by atoms with van der Waals surface area (Å²) >= 11 is 2.13. The summed E-state index contributed by atoms with van der Waals surface area (Å²) in [6, 6.07) is 16.0. The predicted octanol–water partition coefficient (Wildman–Crippen LogP) is 5.74. The van der Waals surface area contributed by atoms with Crippen LogP contribution < -0.4 is 4.72 Å². The lowest BCUT2D eigenvalue weighted by atomic mass is 9.91. The van der Waals surface area contributed by atoms with E-state index in [1.54, 1.807) is 42.7 Å². The summed E-state index contributed by atoms with van der Waals surface area (Å²) in [5.74, 6) is -0.826. The number of carboxylic acids is 1. The Morgan fingerprint density at radius 2 is 1.88 bits per heavy atom. The third-order valence-corrected chi connectivity index (χ3v) is 7.20. The van der Waals surface area contributed by atoms with Gasteiger partial charge in [0, 0.05) is 27.9 Å². The number of allylic oxidation sites excluding steroid dienone is 1. The normalized spacial score (nSPS) is 11.9. The second kappa shape index (κ2) is 11.4. The molecule has 0 saturated heterocycles. The second-order valence-electron chi connectivity index (χ2n) is 7.39. The van der Waals surface area contributed by atoms with Gasteiger partial charge in [0.2, 0.25) is 0 Å². The number of pyridine rings is 1. The number of anilines is 1. The number of halogens is 1. The van der Waals surface area contributed by atoms with Crippen molar-refractivity contribution in [1.82, 2.24) is 4.98 Å². The molecule has 3 rings (SSSR count). The van der Waals surface area contributed by atoms with Crippen LogP contribution in [0.2, 0.25) is 0 Å². The van der Waals surface area contributed by atoms with Crippen LogP contribution in [0, 0.1) is 3.57 Å². The average molecular weight is 576 g/mol. The van der Waals surface area contributed by atoms with Crippen LogP contribution in [0.15, 0.2) is 78.0 Å². The summed E-state index contributed by atoms with van der Waals surface area (Å²) in [5, 5.41) is 8.95. The lowest BCUT2D eigenvalue weighted by molar-refractivity contribution is -0.137. The number of carboxylic acid groups (broad SMARTS) is 1. The van der Waals surface area contributed by atoms with Crippen molar-refractivity contribution in [3.05, 3.63) is 93.3 Å². The molecule has 0 aliphatic rings. The topological polar surface area (TPSA) is 96.4 Å². The van der Waals surface area contributed by atoms with E-state index >= 15 is 0 Å². The van der Waals surface area contributed by atoms with Gasteiger partial charge in [0.15, 0.2) is 0 Å². The van der Waals surface area contributed by atoms with Crippen LogP contribution in [0.1, 0.15) is 42.9 Å². The molecular formula is C25H25IN2O4S. The molecule has 0 unspecified atom stereocenters. The van der Waals surface area contributed by atoms with E-state index in [9.17, 15) is 13.2 Å². The zero-order valence-electron chi connectivity index (χ0n) is 18.2. The van der Waals surface area contributed by atoms with Crippen molar-refractivity contribution >= 4 is 49.8 Å². The Morgan fingerprint density at radius 1 is 1.12 bits per heavy atom. The van der Waals surface area contributed by atoms with E-state index in [1.807, 2.05) is 37.3 Å². The summed E-state index contributed by atoms with van der Waals surface area (Å²) in [4.78, 5) is 15.3. The van der Waals surface area contributed by atoms with Crippen molar-refractivity contribution in [1.29, 1.82) is 0 Å². The minimum absolute atomic E-state index is 0.0906. The van der Waals surface area contributed by atoms with E-state index in [-0.39, 0.29) is 11.3 Å².